The van der Waals surface area contributed by atoms with Gasteiger partial charge in [0.15, 0.2) is 0 Å². The molecule has 0 unspecified atom stereocenters. The fourth-order valence-electron chi connectivity index (χ4n) is 1.50. The third-order valence-electron chi connectivity index (χ3n) is 2.41. The summed E-state index contributed by atoms with van der Waals surface area (Å²) < 4.78 is 4.96. The van der Waals surface area contributed by atoms with E-state index in [0.717, 1.165) is 13.0 Å². The number of pyridine rings is 1. The lowest BCUT2D eigenvalue weighted by molar-refractivity contribution is -0.384. The lowest BCUT2D eigenvalue weighted by Crippen LogP contribution is -2.21. The van der Waals surface area contributed by atoms with Gasteiger partial charge in [0.2, 0.25) is 11.7 Å². The number of anilines is 2. The Balaban J connectivity index is 2.63. The third kappa shape index (κ3) is 6.04. The average molecular weight is 297 g/mol. The average Bonchev–Trinajstić information content (AvgIpc) is 2.44. The summed E-state index contributed by atoms with van der Waals surface area (Å²) >= 11 is 0. The summed E-state index contributed by atoms with van der Waals surface area (Å²) in [6.45, 7) is 3.02. The summed E-state index contributed by atoms with van der Waals surface area (Å²) in [5.74, 6) is 0.150. The summed E-state index contributed by atoms with van der Waals surface area (Å²) in [5.41, 5.74) is 4.80. The molecule has 1 rings (SSSR count). The molecule has 0 aliphatic heterocycles. The number of hydrogen-bond donors (Lipinski definition) is 3. The number of carbonyl (C=O) groups excluding carboxylic acids is 1. The Morgan fingerprint density at radius 3 is 2.81 bits per heavy atom. The number of aromatic nitrogens is 1. The molecule has 0 aliphatic carbocycles. The molecule has 0 saturated heterocycles. The second kappa shape index (κ2) is 8.69. The van der Waals surface area contributed by atoms with Gasteiger partial charge in [-0.1, -0.05) is 6.92 Å². The van der Waals surface area contributed by atoms with E-state index in [-0.39, 0.29) is 31.3 Å². The van der Waals surface area contributed by atoms with E-state index >= 15 is 0 Å². The van der Waals surface area contributed by atoms with Gasteiger partial charge in [-0.2, -0.15) is 0 Å². The molecule has 9 nitrogen and oxygen atoms in total. The maximum absolute atomic E-state index is 10.9. The molecule has 1 aromatic rings. The highest BCUT2D eigenvalue weighted by Crippen LogP contribution is 2.23. The Labute approximate surface area is 122 Å². The van der Waals surface area contributed by atoms with Crippen LogP contribution in [0.25, 0.3) is 0 Å². The van der Waals surface area contributed by atoms with Gasteiger partial charge in [-0.25, -0.2) is 4.98 Å². The molecular weight excluding hydrogens is 278 g/mol. The van der Waals surface area contributed by atoms with Gasteiger partial charge < -0.3 is 21.1 Å². The molecule has 0 fully saturated rings. The largest absolute Gasteiger partial charge is 0.370 e. The maximum Gasteiger partial charge on any atom is 0.311 e. The minimum Gasteiger partial charge on any atom is -0.370 e. The first-order valence-electron chi connectivity index (χ1n) is 6.53. The van der Waals surface area contributed by atoms with E-state index in [1.807, 2.05) is 6.92 Å². The number of carbonyl (C=O) groups is 1. The molecule has 9 heteroatoms. The van der Waals surface area contributed by atoms with Crippen molar-refractivity contribution in [1.82, 2.24) is 4.98 Å². The van der Waals surface area contributed by atoms with Crippen LogP contribution in [-0.4, -0.2) is 42.1 Å². The van der Waals surface area contributed by atoms with Gasteiger partial charge in [-0.05, 0) is 12.5 Å². The van der Waals surface area contributed by atoms with Gasteiger partial charge >= 0.3 is 5.69 Å². The maximum atomic E-state index is 10.9. The van der Waals surface area contributed by atoms with Crippen LogP contribution in [0.1, 0.15) is 13.3 Å². The molecule has 0 radical (unpaired) electrons. The van der Waals surface area contributed by atoms with Crippen molar-refractivity contribution in [1.29, 1.82) is 0 Å². The Morgan fingerprint density at radius 1 is 1.43 bits per heavy atom. The second-order valence-electron chi connectivity index (χ2n) is 4.19. The summed E-state index contributed by atoms with van der Waals surface area (Å²) in [5, 5.41) is 16.8. The molecule has 0 aromatic carbocycles. The Morgan fingerprint density at radius 2 is 2.19 bits per heavy atom. The van der Waals surface area contributed by atoms with E-state index < -0.39 is 10.8 Å². The molecule has 4 N–H and O–H groups in total. The highest BCUT2D eigenvalue weighted by molar-refractivity contribution is 5.74. The molecule has 0 saturated carbocycles. The van der Waals surface area contributed by atoms with E-state index in [1.165, 1.54) is 6.07 Å². The number of nitrogens with two attached hydrogens (primary N) is 1. The molecule has 116 valence electrons. The lowest BCUT2D eigenvalue weighted by atomic mass is 10.3. The van der Waals surface area contributed by atoms with Gasteiger partial charge in [0.25, 0.3) is 0 Å². The van der Waals surface area contributed by atoms with Crippen molar-refractivity contribution in [2.24, 2.45) is 5.73 Å². The summed E-state index contributed by atoms with van der Waals surface area (Å²) in [4.78, 5) is 25.1. The Hall–Kier alpha value is -2.42. The molecule has 0 bridgehead atoms. The minimum absolute atomic E-state index is 0.119. The van der Waals surface area contributed by atoms with Gasteiger partial charge in [-0.3, -0.25) is 14.9 Å². The highest BCUT2D eigenvalue weighted by Gasteiger charge is 2.15. The number of nitro groups is 1. The fourth-order valence-corrected chi connectivity index (χ4v) is 1.50. The quantitative estimate of drug-likeness (QED) is 0.329. The topological polar surface area (TPSA) is 132 Å². The van der Waals surface area contributed by atoms with Gasteiger partial charge in [-0.15, -0.1) is 0 Å². The second-order valence-corrected chi connectivity index (χ2v) is 4.19. The van der Waals surface area contributed by atoms with Crippen molar-refractivity contribution in [2.45, 2.75) is 13.3 Å². The van der Waals surface area contributed by atoms with Crippen molar-refractivity contribution < 1.29 is 14.5 Å². The van der Waals surface area contributed by atoms with Crippen LogP contribution >= 0.6 is 0 Å². The zero-order valence-electron chi connectivity index (χ0n) is 11.8. The summed E-state index contributed by atoms with van der Waals surface area (Å²) in [6.07, 6.45) is 0.919. The zero-order chi connectivity index (χ0) is 15.7. The number of ether oxygens (including phenoxy) is 1. The van der Waals surface area contributed by atoms with Crippen LogP contribution in [0, 0.1) is 10.1 Å². The molecule has 21 heavy (non-hydrogen) atoms. The number of nitrogens with zero attached hydrogens (tertiary/aromatic N) is 2. The van der Waals surface area contributed by atoms with Crippen molar-refractivity contribution in [3.63, 3.8) is 0 Å². The number of hydrogen-bond acceptors (Lipinski definition) is 7. The predicted octanol–water partition coefficient (Wildman–Crippen LogP) is 0.725. The van der Waals surface area contributed by atoms with Crippen LogP contribution in [0.4, 0.5) is 17.3 Å². The van der Waals surface area contributed by atoms with Crippen LogP contribution in [0.2, 0.25) is 0 Å². The highest BCUT2D eigenvalue weighted by atomic mass is 16.6. The van der Waals surface area contributed by atoms with Crippen molar-refractivity contribution in [2.75, 3.05) is 36.9 Å². The standard InChI is InChI=1S/C12H19N5O4/c1-2-5-14-11-4-3-9(17(19)20)12(16-11)15-6-7-21-8-10(13)18/h3-4H,2,5-8H2,1H3,(H2,13,18)(H2,14,15,16). The van der Waals surface area contributed by atoms with Gasteiger partial charge in [0.05, 0.1) is 11.5 Å². The zero-order valence-corrected chi connectivity index (χ0v) is 11.8. The Bertz CT molecular complexity index is 495. The molecule has 0 aliphatic rings. The molecule has 1 amide bonds. The van der Waals surface area contributed by atoms with E-state index in [4.69, 9.17) is 10.5 Å². The Kier molecular flexibility index (Phi) is 6.88. The first-order valence-corrected chi connectivity index (χ1v) is 6.53. The molecule has 0 spiro atoms. The van der Waals surface area contributed by atoms with Crippen LogP contribution in [0.3, 0.4) is 0 Å². The smallest absolute Gasteiger partial charge is 0.311 e. The first kappa shape index (κ1) is 16.6. The normalized spacial score (nSPS) is 10.1. The van der Waals surface area contributed by atoms with Gasteiger partial charge in [0.1, 0.15) is 12.4 Å². The number of nitrogens with one attached hydrogen (secondary N) is 2. The van der Waals surface area contributed by atoms with Crippen molar-refractivity contribution >= 4 is 23.2 Å². The SMILES string of the molecule is CCCNc1ccc([N+](=O)[O-])c(NCCOCC(N)=O)n1. The fraction of sp³-hybridized carbons (Fsp3) is 0.500. The van der Waals surface area contributed by atoms with Crippen LogP contribution < -0.4 is 16.4 Å². The summed E-state index contributed by atoms with van der Waals surface area (Å²) in [7, 11) is 0. The van der Waals surface area contributed by atoms with Gasteiger partial charge in [0, 0.05) is 19.2 Å². The van der Waals surface area contributed by atoms with Crippen molar-refractivity contribution in [3.8, 4) is 0 Å². The first-order chi connectivity index (χ1) is 10.0. The number of amides is 1. The van der Waals surface area contributed by atoms with Crippen LogP contribution in [0.5, 0.6) is 0 Å². The number of primary amides is 1. The minimum atomic E-state index is -0.565. The molecular formula is C12H19N5O4. The number of rotatable bonds is 10. The molecule has 1 aromatic heterocycles. The third-order valence-corrected chi connectivity index (χ3v) is 2.41. The molecule has 1 heterocycles. The van der Waals surface area contributed by atoms with Crippen molar-refractivity contribution in [3.05, 3.63) is 22.2 Å². The molecule has 0 atom stereocenters. The predicted molar refractivity (Wildman–Crippen MR) is 78.2 cm³/mol. The van der Waals surface area contributed by atoms with Crippen LogP contribution in [-0.2, 0) is 9.53 Å². The van der Waals surface area contributed by atoms with E-state index in [9.17, 15) is 14.9 Å². The van der Waals surface area contributed by atoms with E-state index in [2.05, 4.69) is 15.6 Å². The lowest BCUT2D eigenvalue weighted by Gasteiger charge is -2.09. The van der Waals surface area contributed by atoms with E-state index in [0.29, 0.717) is 5.82 Å². The summed E-state index contributed by atoms with van der Waals surface area (Å²) in [6, 6.07) is 2.94. The van der Waals surface area contributed by atoms with E-state index in [1.54, 1.807) is 6.07 Å². The monoisotopic (exact) mass is 297 g/mol. The van der Waals surface area contributed by atoms with Crippen LogP contribution in [0.15, 0.2) is 12.1 Å².